The third kappa shape index (κ3) is 2.84. The van der Waals surface area contributed by atoms with E-state index in [9.17, 15) is 0 Å². The molecule has 5 rings (SSSR count). The minimum atomic E-state index is -2.54. The lowest BCUT2D eigenvalue weighted by Crippen LogP contribution is -1.92. The van der Waals surface area contributed by atoms with Crippen LogP contribution in [0.15, 0.2) is 71.3 Å². The lowest BCUT2D eigenvalue weighted by atomic mass is 9.94. The van der Waals surface area contributed by atoms with Crippen LogP contribution in [0.5, 0.6) is 0 Å². The predicted octanol–water partition coefficient (Wildman–Crippen LogP) is 7.55. The average molecular weight is 387 g/mol. The summed E-state index contributed by atoms with van der Waals surface area (Å²) >= 11 is 0. The standard InChI is InChI=1S/C27H23NO/c1-16-11-12-20(18(3)13-16)24-14-25(28-15-19(24)4)23-10-6-9-22-21-8-5-7-17(2)26(21)29-27(22)23/h5-15H,1-4H3/i2D3,3D3,4D3. The Morgan fingerprint density at radius 2 is 1.52 bits per heavy atom. The van der Waals surface area contributed by atoms with E-state index >= 15 is 0 Å². The van der Waals surface area contributed by atoms with E-state index in [0.29, 0.717) is 27.6 Å². The maximum atomic E-state index is 8.07. The molecular weight excluding hydrogens is 354 g/mol. The van der Waals surface area contributed by atoms with Crippen LogP contribution in [0.25, 0.3) is 44.3 Å². The van der Waals surface area contributed by atoms with Crippen LogP contribution in [0.4, 0.5) is 0 Å². The summed E-state index contributed by atoms with van der Waals surface area (Å²) in [6.45, 7) is -5.62. The fourth-order valence-corrected chi connectivity index (χ4v) is 3.74. The summed E-state index contributed by atoms with van der Waals surface area (Å²) < 4.78 is 78.2. The molecule has 0 saturated heterocycles. The Labute approximate surface area is 183 Å². The first-order chi connectivity index (χ1) is 17.7. The van der Waals surface area contributed by atoms with E-state index in [0.717, 1.165) is 5.56 Å². The van der Waals surface area contributed by atoms with Gasteiger partial charge in [0.05, 0.1) is 5.69 Å². The molecule has 0 radical (unpaired) electrons. The zero-order chi connectivity index (χ0) is 27.6. The molecule has 2 heteroatoms. The minimum Gasteiger partial charge on any atom is -0.455 e. The molecule has 2 heterocycles. The summed E-state index contributed by atoms with van der Waals surface area (Å²) in [5.41, 5.74) is 2.86. The summed E-state index contributed by atoms with van der Waals surface area (Å²) in [5.74, 6) is 0. The van der Waals surface area contributed by atoms with E-state index in [1.54, 1.807) is 55.5 Å². The third-order valence-corrected chi connectivity index (χ3v) is 5.17. The third-order valence-electron chi connectivity index (χ3n) is 5.17. The number of para-hydroxylation sites is 2. The second kappa shape index (κ2) is 6.59. The highest BCUT2D eigenvalue weighted by Crippen LogP contribution is 2.38. The number of pyridine rings is 1. The lowest BCUT2D eigenvalue weighted by Gasteiger charge is -2.12. The van der Waals surface area contributed by atoms with Crippen molar-refractivity contribution in [1.29, 1.82) is 0 Å². The maximum Gasteiger partial charge on any atom is 0.144 e. The van der Waals surface area contributed by atoms with Gasteiger partial charge in [0, 0.05) is 34.9 Å². The van der Waals surface area contributed by atoms with E-state index in [2.05, 4.69) is 4.98 Å². The molecule has 0 bridgehead atoms. The average Bonchev–Trinajstić information content (AvgIpc) is 3.21. The molecular formula is C27H23NO. The van der Waals surface area contributed by atoms with Crippen LogP contribution < -0.4 is 0 Å². The van der Waals surface area contributed by atoms with Crippen molar-refractivity contribution < 1.29 is 16.8 Å². The monoisotopic (exact) mass is 386 g/mol. The zero-order valence-electron chi connectivity index (χ0n) is 24.7. The van der Waals surface area contributed by atoms with Crippen molar-refractivity contribution >= 4 is 21.9 Å². The van der Waals surface area contributed by atoms with Gasteiger partial charge in [-0.2, -0.15) is 0 Å². The van der Waals surface area contributed by atoms with Gasteiger partial charge >= 0.3 is 0 Å². The summed E-state index contributed by atoms with van der Waals surface area (Å²) in [4.78, 5) is 4.43. The molecule has 142 valence electrons. The van der Waals surface area contributed by atoms with Gasteiger partial charge in [-0.1, -0.05) is 54.1 Å². The summed E-state index contributed by atoms with van der Waals surface area (Å²) in [6, 6.07) is 16.8. The van der Waals surface area contributed by atoms with Crippen LogP contribution in [0.2, 0.25) is 0 Å². The second-order valence-corrected chi connectivity index (χ2v) is 7.13. The molecule has 0 unspecified atom stereocenters. The van der Waals surface area contributed by atoms with Crippen molar-refractivity contribution in [2.24, 2.45) is 0 Å². The maximum absolute atomic E-state index is 8.07. The first-order valence-corrected chi connectivity index (χ1v) is 9.23. The quantitative estimate of drug-likeness (QED) is 0.313. The van der Waals surface area contributed by atoms with Crippen LogP contribution in [0.1, 0.15) is 34.6 Å². The Kier molecular flexibility index (Phi) is 2.37. The van der Waals surface area contributed by atoms with Gasteiger partial charge in [0.25, 0.3) is 0 Å². The highest BCUT2D eigenvalue weighted by molar-refractivity contribution is 6.10. The fraction of sp³-hybridized carbons (Fsp3) is 0.148. The largest absolute Gasteiger partial charge is 0.455 e. The molecule has 0 aliphatic carbocycles. The first kappa shape index (κ1) is 10.4. The van der Waals surface area contributed by atoms with Crippen LogP contribution in [-0.4, -0.2) is 4.98 Å². The van der Waals surface area contributed by atoms with Crippen molar-refractivity contribution in [2.45, 2.75) is 27.5 Å². The molecule has 2 aromatic heterocycles. The number of nitrogens with zero attached hydrogens (tertiary/aromatic N) is 1. The van der Waals surface area contributed by atoms with Gasteiger partial charge in [0.1, 0.15) is 11.2 Å². The first-order valence-electron chi connectivity index (χ1n) is 13.7. The Morgan fingerprint density at radius 3 is 2.34 bits per heavy atom. The Balaban J connectivity index is 1.81. The van der Waals surface area contributed by atoms with Gasteiger partial charge in [0.15, 0.2) is 0 Å². The van der Waals surface area contributed by atoms with Gasteiger partial charge < -0.3 is 4.42 Å². The highest BCUT2D eigenvalue weighted by Gasteiger charge is 2.15. The van der Waals surface area contributed by atoms with Gasteiger partial charge in [-0.05, 0) is 67.4 Å². The number of furan rings is 1. The molecule has 0 spiro atoms. The molecule has 0 N–H and O–H groups in total. The topological polar surface area (TPSA) is 26.0 Å². The van der Waals surface area contributed by atoms with Crippen molar-refractivity contribution in [3.8, 4) is 22.4 Å². The molecule has 0 saturated carbocycles. The molecule has 5 aromatic rings. The number of aromatic nitrogens is 1. The molecule has 0 fully saturated rings. The smallest absolute Gasteiger partial charge is 0.144 e. The van der Waals surface area contributed by atoms with Crippen LogP contribution in [-0.2, 0) is 0 Å². The van der Waals surface area contributed by atoms with E-state index in [1.165, 1.54) is 12.3 Å². The molecule has 2 nitrogen and oxygen atoms in total. The van der Waals surface area contributed by atoms with Crippen LogP contribution in [0, 0.1) is 27.5 Å². The van der Waals surface area contributed by atoms with Crippen molar-refractivity contribution in [3.05, 3.63) is 89.1 Å². The molecule has 29 heavy (non-hydrogen) atoms. The van der Waals surface area contributed by atoms with Gasteiger partial charge in [-0.3, -0.25) is 4.98 Å². The van der Waals surface area contributed by atoms with Crippen molar-refractivity contribution in [2.75, 3.05) is 0 Å². The fourth-order valence-electron chi connectivity index (χ4n) is 3.74. The number of benzene rings is 3. The summed E-state index contributed by atoms with van der Waals surface area (Å²) in [7, 11) is 0. The Bertz CT molecular complexity index is 1690. The van der Waals surface area contributed by atoms with Crippen molar-refractivity contribution in [3.63, 3.8) is 0 Å². The van der Waals surface area contributed by atoms with Gasteiger partial charge in [-0.15, -0.1) is 0 Å². The number of hydrogen-bond donors (Lipinski definition) is 0. The van der Waals surface area contributed by atoms with E-state index in [-0.39, 0.29) is 33.4 Å². The molecule has 0 amide bonds. The highest BCUT2D eigenvalue weighted by atomic mass is 16.3. The van der Waals surface area contributed by atoms with Gasteiger partial charge in [0.2, 0.25) is 0 Å². The molecule has 3 aromatic carbocycles. The normalized spacial score (nSPS) is 17.3. The zero-order valence-corrected chi connectivity index (χ0v) is 15.7. The van der Waals surface area contributed by atoms with Crippen molar-refractivity contribution in [1.82, 2.24) is 4.98 Å². The molecule has 0 aliphatic heterocycles. The number of fused-ring (bicyclic) bond motifs is 3. The van der Waals surface area contributed by atoms with Gasteiger partial charge in [-0.25, -0.2) is 0 Å². The summed E-state index contributed by atoms with van der Waals surface area (Å²) in [5, 5.41) is 1.32. The number of hydrogen-bond acceptors (Lipinski definition) is 2. The Morgan fingerprint density at radius 1 is 0.724 bits per heavy atom. The predicted molar refractivity (Wildman–Crippen MR) is 121 cm³/mol. The summed E-state index contributed by atoms with van der Waals surface area (Å²) in [6.07, 6.45) is 1.25. The number of rotatable bonds is 2. The van der Waals surface area contributed by atoms with E-state index in [1.807, 2.05) is 6.07 Å². The molecule has 0 atom stereocenters. The lowest BCUT2D eigenvalue weighted by molar-refractivity contribution is 0.666. The minimum absolute atomic E-state index is 0.0458. The van der Waals surface area contributed by atoms with E-state index < -0.39 is 20.6 Å². The second-order valence-electron chi connectivity index (χ2n) is 7.13. The van der Waals surface area contributed by atoms with Crippen LogP contribution >= 0.6 is 0 Å². The number of aryl methyl sites for hydroxylation is 4. The van der Waals surface area contributed by atoms with Crippen LogP contribution in [0.3, 0.4) is 0 Å². The Hall–Kier alpha value is -3.39. The van der Waals surface area contributed by atoms with E-state index in [4.69, 9.17) is 16.8 Å². The molecule has 0 aliphatic rings. The SMILES string of the molecule is [2H]C([2H])([2H])c1cnc(-c2cccc3c2oc2c(C([2H])([2H])[2H])cccc23)cc1-c1ccc(C)cc1C([2H])([2H])[2H].